The summed E-state index contributed by atoms with van der Waals surface area (Å²) in [5.74, 6) is 0. The lowest BCUT2D eigenvalue weighted by Gasteiger charge is -2.25. The van der Waals surface area contributed by atoms with E-state index in [0.717, 1.165) is 17.1 Å². The summed E-state index contributed by atoms with van der Waals surface area (Å²) in [6.07, 6.45) is 0. The molecule has 0 aromatic heterocycles. The van der Waals surface area contributed by atoms with Gasteiger partial charge in [0.1, 0.15) is 0 Å². The third-order valence-corrected chi connectivity index (χ3v) is 7.51. The van der Waals surface area contributed by atoms with Crippen molar-refractivity contribution in [2.24, 2.45) is 0 Å². The van der Waals surface area contributed by atoms with Crippen LogP contribution in [0.25, 0.3) is 0 Å². The van der Waals surface area contributed by atoms with Gasteiger partial charge in [-0.15, -0.1) is 0 Å². The Hall–Kier alpha value is -3.75. The zero-order chi connectivity index (χ0) is 21.6. The first-order valence-electron chi connectivity index (χ1n) is 10.7. The highest BCUT2D eigenvalue weighted by Gasteiger charge is 2.29. The fourth-order valence-electron chi connectivity index (χ4n) is 3.87. The molecule has 0 amide bonds. The summed E-state index contributed by atoms with van der Waals surface area (Å²) >= 11 is 0. The normalized spacial score (nSPS) is 10.8. The molecule has 154 valence electrons. The summed E-state index contributed by atoms with van der Waals surface area (Å²) < 4.78 is 0. The predicted octanol–water partition coefficient (Wildman–Crippen LogP) is 8.25. The zero-order valence-electron chi connectivity index (χ0n) is 17.7. The van der Waals surface area contributed by atoms with E-state index < -0.39 is 0 Å². The SMILES string of the molecule is c1ccc(N(c2ccccc2)c2cccc([S+](c3ccccc3)c3ccccc3)c2)cc1. The molecule has 1 nitrogen and oxygen atoms in total. The van der Waals surface area contributed by atoms with Crippen LogP contribution >= 0.6 is 0 Å². The maximum Gasteiger partial charge on any atom is 0.168 e. The van der Waals surface area contributed by atoms with E-state index >= 15 is 0 Å². The number of hydrogen-bond donors (Lipinski definition) is 0. The smallest absolute Gasteiger partial charge is 0.168 e. The molecule has 0 saturated heterocycles. The van der Waals surface area contributed by atoms with Crippen molar-refractivity contribution >= 4 is 28.0 Å². The second-order valence-electron chi connectivity index (χ2n) is 7.44. The Kier molecular flexibility index (Phi) is 6.04. The molecule has 32 heavy (non-hydrogen) atoms. The summed E-state index contributed by atoms with van der Waals surface area (Å²) in [6, 6.07) is 51.7. The van der Waals surface area contributed by atoms with Crippen molar-refractivity contribution in [3.05, 3.63) is 146 Å². The third kappa shape index (κ3) is 4.32. The van der Waals surface area contributed by atoms with Crippen molar-refractivity contribution in [2.45, 2.75) is 14.7 Å². The van der Waals surface area contributed by atoms with Crippen LogP contribution in [0.1, 0.15) is 0 Å². The first-order valence-corrected chi connectivity index (χ1v) is 12.0. The van der Waals surface area contributed by atoms with Gasteiger partial charge in [-0.2, -0.15) is 0 Å². The molecule has 0 aliphatic carbocycles. The average molecular weight is 431 g/mol. The lowest BCUT2D eigenvalue weighted by atomic mass is 10.2. The average Bonchev–Trinajstić information content (AvgIpc) is 2.87. The van der Waals surface area contributed by atoms with Crippen LogP contribution in [0, 0.1) is 0 Å². The molecule has 0 spiro atoms. The predicted molar refractivity (Wildman–Crippen MR) is 136 cm³/mol. The van der Waals surface area contributed by atoms with Crippen LogP contribution in [-0.2, 0) is 10.9 Å². The van der Waals surface area contributed by atoms with Gasteiger partial charge < -0.3 is 4.90 Å². The van der Waals surface area contributed by atoms with Gasteiger partial charge in [0.05, 0.1) is 16.6 Å². The standard InChI is InChI=1S/C30H24NS/c1-5-14-25(15-6-1)31(26-16-7-2-8-17-26)27-18-13-23-30(24-27)32(28-19-9-3-10-20-28)29-21-11-4-12-22-29/h1-24H/q+1. The number of rotatable bonds is 6. The molecule has 0 heterocycles. The maximum absolute atomic E-state index is 2.34. The molecule has 0 unspecified atom stereocenters. The van der Waals surface area contributed by atoms with Gasteiger partial charge in [0.15, 0.2) is 14.7 Å². The summed E-state index contributed by atoms with van der Waals surface area (Å²) in [5, 5.41) is 0. The molecular formula is C30H24NS+. The van der Waals surface area contributed by atoms with Crippen LogP contribution in [0.2, 0.25) is 0 Å². The molecule has 5 aromatic carbocycles. The molecule has 5 rings (SSSR count). The minimum Gasteiger partial charge on any atom is -0.310 e. The minimum absolute atomic E-state index is 0.181. The Morgan fingerprint density at radius 1 is 0.344 bits per heavy atom. The van der Waals surface area contributed by atoms with Crippen molar-refractivity contribution in [3.63, 3.8) is 0 Å². The van der Waals surface area contributed by atoms with Crippen LogP contribution in [0.5, 0.6) is 0 Å². The van der Waals surface area contributed by atoms with Crippen LogP contribution in [0.15, 0.2) is 160 Å². The van der Waals surface area contributed by atoms with Crippen LogP contribution < -0.4 is 4.90 Å². The highest BCUT2D eigenvalue weighted by Crippen LogP contribution is 2.38. The lowest BCUT2D eigenvalue weighted by Crippen LogP contribution is -2.11. The van der Waals surface area contributed by atoms with Crippen LogP contribution in [0.3, 0.4) is 0 Å². The fourth-order valence-corrected chi connectivity index (χ4v) is 6.00. The molecule has 0 fully saturated rings. The second kappa shape index (κ2) is 9.59. The largest absolute Gasteiger partial charge is 0.310 e. The zero-order valence-corrected chi connectivity index (χ0v) is 18.5. The number of para-hydroxylation sites is 2. The topological polar surface area (TPSA) is 3.24 Å². The first kappa shape index (κ1) is 20.2. The Morgan fingerprint density at radius 2 is 0.719 bits per heavy atom. The van der Waals surface area contributed by atoms with E-state index in [1.165, 1.54) is 14.7 Å². The van der Waals surface area contributed by atoms with Gasteiger partial charge in [-0.1, -0.05) is 78.9 Å². The highest BCUT2D eigenvalue weighted by atomic mass is 32.2. The quantitative estimate of drug-likeness (QED) is 0.245. The van der Waals surface area contributed by atoms with Crippen molar-refractivity contribution in [2.75, 3.05) is 4.90 Å². The number of benzene rings is 5. The van der Waals surface area contributed by atoms with Gasteiger partial charge in [0.25, 0.3) is 0 Å². The summed E-state index contributed by atoms with van der Waals surface area (Å²) in [6.45, 7) is 0. The van der Waals surface area contributed by atoms with Gasteiger partial charge in [0, 0.05) is 17.4 Å². The maximum atomic E-state index is 2.34. The van der Waals surface area contributed by atoms with Gasteiger partial charge >= 0.3 is 0 Å². The Morgan fingerprint density at radius 3 is 1.19 bits per heavy atom. The third-order valence-electron chi connectivity index (χ3n) is 5.30. The van der Waals surface area contributed by atoms with Crippen molar-refractivity contribution in [1.29, 1.82) is 0 Å². The molecule has 0 saturated carbocycles. The van der Waals surface area contributed by atoms with E-state index in [9.17, 15) is 0 Å². The highest BCUT2D eigenvalue weighted by molar-refractivity contribution is 7.97. The van der Waals surface area contributed by atoms with Gasteiger partial charge in [-0.3, -0.25) is 0 Å². The fraction of sp³-hybridized carbons (Fsp3) is 0. The number of nitrogens with zero attached hydrogens (tertiary/aromatic N) is 1. The Labute approximate surface area is 193 Å². The number of hydrogen-bond acceptors (Lipinski definition) is 1. The number of anilines is 3. The second-order valence-corrected chi connectivity index (χ2v) is 9.46. The molecule has 2 heteroatoms. The molecule has 0 N–H and O–H groups in total. The lowest BCUT2D eigenvalue weighted by molar-refractivity contribution is 1.25. The molecule has 0 aliphatic heterocycles. The molecule has 0 atom stereocenters. The van der Waals surface area contributed by atoms with E-state index in [1.54, 1.807) is 0 Å². The molecular weight excluding hydrogens is 406 g/mol. The summed E-state index contributed by atoms with van der Waals surface area (Å²) in [5.41, 5.74) is 3.45. The van der Waals surface area contributed by atoms with Gasteiger partial charge in [0.2, 0.25) is 0 Å². The van der Waals surface area contributed by atoms with E-state index in [0.29, 0.717) is 0 Å². The minimum atomic E-state index is -0.181. The Bertz CT molecular complexity index is 1080. The van der Waals surface area contributed by atoms with E-state index in [4.69, 9.17) is 0 Å². The van der Waals surface area contributed by atoms with Crippen molar-refractivity contribution in [3.8, 4) is 0 Å². The first-order chi connectivity index (χ1) is 15.9. The van der Waals surface area contributed by atoms with Crippen molar-refractivity contribution in [1.82, 2.24) is 0 Å². The summed E-state index contributed by atoms with van der Waals surface area (Å²) in [7, 11) is -0.181. The van der Waals surface area contributed by atoms with E-state index in [2.05, 4.69) is 150 Å². The molecule has 5 aromatic rings. The van der Waals surface area contributed by atoms with E-state index in [-0.39, 0.29) is 10.9 Å². The van der Waals surface area contributed by atoms with Gasteiger partial charge in [-0.25, -0.2) is 0 Å². The molecule has 0 radical (unpaired) electrons. The molecule has 0 bridgehead atoms. The summed E-state index contributed by atoms with van der Waals surface area (Å²) in [4.78, 5) is 6.27. The molecule has 0 aliphatic rings. The van der Waals surface area contributed by atoms with E-state index in [1.807, 2.05) is 0 Å². The monoisotopic (exact) mass is 430 g/mol. The van der Waals surface area contributed by atoms with Crippen LogP contribution in [0.4, 0.5) is 17.1 Å². The van der Waals surface area contributed by atoms with Crippen molar-refractivity contribution < 1.29 is 0 Å². The van der Waals surface area contributed by atoms with Crippen LogP contribution in [-0.4, -0.2) is 0 Å². The van der Waals surface area contributed by atoms with Gasteiger partial charge in [-0.05, 0) is 60.7 Å². The Balaban J connectivity index is 1.65.